The van der Waals surface area contributed by atoms with Crippen molar-refractivity contribution < 1.29 is 14.7 Å². The van der Waals surface area contributed by atoms with Crippen LogP contribution in [0.15, 0.2) is 0 Å². The maximum atomic E-state index is 12.1. The fourth-order valence-electron chi connectivity index (χ4n) is 1.90. The smallest absolute Gasteiger partial charge is 0.355 e. The lowest BCUT2D eigenvalue weighted by atomic mass is 10.1. The molecule has 112 valence electrons. The minimum atomic E-state index is -1.03. The van der Waals surface area contributed by atoms with Gasteiger partial charge in [-0.15, -0.1) is 11.3 Å². The Morgan fingerprint density at radius 3 is 2.55 bits per heavy atom. The zero-order valence-electron chi connectivity index (χ0n) is 12.3. The number of carboxylic acids is 1. The standard InChI is InChI=1S/C13H21N3O3S/c1-5-6-9(16(3)4)12(17)14-7-10-15-11(13(18)19)8(2)20-10/h9H,5-7H2,1-4H3,(H,14,17)(H,18,19). The van der Waals surface area contributed by atoms with E-state index in [4.69, 9.17) is 5.11 Å². The SMILES string of the molecule is CCCC(C(=O)NCc1nc(C(=O)O)c(C)s1)N(C)C. The molecule has 0 radical (unpaired) electrons. The Bertz CT molecular complexity index is 485. The molecule has 1 unspecified atom stereocenters. The summed E-state index contributed by atoms with van der Waals surface area (Å²) in [6, 6.07) is -0.167. The van der Waals surface area contributed by atoms with Gasteiger partial charge in [0.05, 0.1) is 12.6 Å². The Morgan fingerprint density at radius 2 is 2.10 bits per heavy atom. The van der Waals surface area contributed by atoms with E-state index in [2.05, 4.69) is 10.3 Å². The lowest BCUT2D eigenvalue weighted by Crippen LogP contribution is -2.43. The van der Waals surface area contributed by atoms with E-state index in [9.17, 15) is 9.59 Å². The van der Waals surface area contributed by atoms with Gasteiger partial charge < -0.3 is 10.4 Å². The summed E-state index contributed by atoms with van der Waals surface area (Å²) in [6.45, 7) is 4.02. The first kappa shape index (κ1) is 16.6. The van der Waals surface area contributed by atoms with Crippen molar-refractivity contribution in [3.05, 3.63) is 15.6 Å². The van der Waals surface area contributed by atoms with Crippen molar-refractivity contribution in [2.45, 2.75) is 39.3 Å². The van der Waals surface area contributed by atoms with Crippen molar-refractivity contribution in [3.63, 3.8) is 0 Å². The number of carbonyl (C=O) groups is 2. The number of rotatable bonds is 7. The molecule has 1 atom stereocenters. The highest BCUT2D eigenvalue weighted by Gasteiger charge is 2.20. The van der Waals surface area contributed by atoms with E-state index in [1.165, 1.54) is 11.3 Å². The molecular formula is C13H21N3O3S. The van der Waals surface area contributed by atoms with E-state index in [0.717, 1.165) is 12.8 Å². The molecule has 0 aliphatic heterocycles. The number of amides is 1. The molecule has 7 heteroatoms. The van der Waals surface area contributed by atoms with E-state index >= 15 is 0 Å². The third-order valence-corrected chi connectivity index (χ3v) is 3.92. The van der Waals surface area contributed by atoms with Crippen molar-refractivity contribution in [1.82, 2.24) is 15.2 Å². The maximum Gasteiger partial charge on any atom is 0.355 e. The molecule has 20 heavy (non-hydrogen) atoms. The number of nitrogens with one attached hydrogen (secondary N) is 1. The second-order valence-corrected chi connectivity index (χ2v) is 6.09. The molecular weight excluding hydrogens is 278 g/mol. The van der Waals surface area contributed by atoms with Gasteiger partial charge in [-0.05, 0) is 27.4 Å². The molecule has 0 bridgehead atoms. The summed E-state index contributed by atoms with van der Waals surface area (Å²) in [5.74, 6) is -1.09. The number of aromatic carboxylic acids is 1. The quantitative estimate of drug-likeness (QED) is 0.797. The van der Waals surface area contributed by atoms with Gasteiger partial charge in [-0.3, -0.25) is 9.69 Å². The van der Waals surface area contributed by atoms with Gasteiger partial charge in [0.15, 0.2) is 5.69 Å². The van der Waals surface area contributed by atoms with Crippen LogP contribution in [0.4, 0.5) is 0 Å². The predicted molar refractivity (Wildman–Crippen MR) is 78.0 cm³/mol. The molecule has 0 saturated carbocycles. The fourth-order valence-corrected chi connectivity index (χ4v) is 2.77. The lowest BCUT2D eigenvalue weighted by molar-refractivity contribution is -0.126. The first-order valence-electron chi connectivity index (χ1n) is 6.50. The highest BCUT2D eigenvalue weighted by Crippen LogP contribution is 2.17. The number of carboxylic acid groups (broad SMARTS) is 1. The molecule has 1 rings (SSSR count). The second kappa shape index (κ2) is 7.35. The van der Waals surface area contributed by atoms with Crippen molar-refractivity contribution in [3.8, 4) is 0 Å². The summed E-state index contributed by atoms with van der Waals surface area (Å²) in [5, 5.41) is 12.4. The molecule has 2 N–H and O–H groups in total. The average Bonchev–Trinajstić information content (AvgIpc) is 2.74. The summed E-state index contributed by atoms with van der Waals surface area (Å²) in [6.07, 6.45) is 1.71. The van der Waals surface area contributed by atoms with Crippen LogP contribution in [0, 0.1) is 6.92 Å². The number of aryl methyl sites for hydroxylation is 1. The summed E-state index contributed by atoms with van der Waals surface area (Å²) in [4.78, 5) is 29.5. The third-order valence-electron chi connectivity index (χ3n) is 2.95. The molecule has 1 aromatic heterocycles. The van der Waals surface area contributed by atoms with Gasteiger partial charge in [-0.25, -0.2) is 9.78 Å². The van der Waals surface area contributed by atoms with Gasteiger partial charge in [0.25, 0.3) is 0 Å². The number of aromatic nitrogens is 1. The van der Waals surface area contributed by atoms with Gasteiger partial charge >= 0.3 is 5.97 Å². The van der Waals surface area contributed by atoms with Crippen LogP contribution in [0.1, 0.15) is 40.1 Å². The molecule has 0 aromatic carbocycles. The average molecular weight is 299 g/mol. The molecule has 1 amide bonds. The molecule has 1 aromatic rings. The van der Waals surface area contributed by atoms with Crippen molar-refractivity contribution in [1.29, 1.82) is 0 Å². The molecule has 0 aliphatic carbocycles. The second-order valence-electron chi connectivity index (χ2n) is 4.80. The van der Waals surface area contributed by atoms with Gasteiger partial charge in [0.2, 0.25) is 5.91 Å². The first-order valence-corrected chi connectivity index (χ1v) is 7.32. The van der Waals surface area contributed by atoms with Crippen molar-refractivity contribution >= 4 is 23.2 Å². The van der Waals surface area contributed by atoms with Crippen LogP contribution in [0.5, 0.6) is 0 Å². The number of carbonyl (C=O) groups excluding carboxylic acids is 1. The Morgan fingerprint density at radius 1 is 1.45 bits per heavy atom. The van der Waals surface area contributed by atoms with Crippen LogP contribution in [0.25, 0.3) is 0 Å². The van der Waals surface area contributed by atoms with Crippen LogP contribution >= 0.6 is 11.3 Å². The molecule has 0 aliphatic rings. The zero-order valence-corrected chi connectivity index (χ0v) is 13.1. The Kier molecular flexibility index (Phi) is 6.09. The molecule has 1 heterocycles. The van der Waals surface area contributed by atoms with E-state index < -0.39 is 5.97 Å². The third kappa shape index (κ3) is 4.28. The van der Waals surface area contributed by atoms with E-state index in [-0.39, 0.29) is 24.2 Å². The molecule has 6 nitrogen and oxygen atoms in total. The number of hydrogen-bond donors (Lipinski definition) is 2. The van der Waals surface area contributed by atoms with Gasteiger partial charge in [-0.2, -0.15) is 0 Å². The molecule has 0 spiro atoms. The van der Waals surface area contributed by atoms with Gasteiger partial charge in [-0.1, -0.05) is 13.3 Å². The zero-order chi connectivity index (χ0) is 15.3. The normalized spacial score (nSPS) is 12.4. The highest BCUT2D eigenvalue weighted by atomic mass is 32.1. The number of thiazole rings is 1. The Balaban J connectivity index is 2.64. The summed E-state index contributed by atoms with van der Waals surface area (Å²) in [5.41, 5.74) is 0.0666. The Labute approximate surface area is 122 Å². The van der Waals surface area contributed by atoms with Gasteiger partial charge in [0.1, 0.15) is 5.01 Å². The monoisotopic (exact) mass is 299 g/mol. The molecule has 0 fully saturated rings. The Hall–Kier alpha value is -1.47. The maximum absolute atomic E-state index is 12.1. The van der Waals surface area contributed by atoms with Crippen LogP contribution in [-0.4, -0.2) is 47.0 Å². The van der Waals surface area contributed by atoms with E-state index in [0.29, 0.717) is 9.88 Å². The largest absolute Gasteiger partial charge is 0.476 e. The minimum absolute atomic E-state index is 0.0541. The number of nitrogens with zero attached hydrogens (tertiary/aromatic N) is 2. The minimum Gasteiger partial charge on any atom is -0.476 e. The van der Waals surface area contributed by atoms with Crippen LogP contribution in [0.2, 0.25) is 0 Å². The lowest BCUT2D eigenvalue weighted by Gasteiger charge is -2.22. The van der Waals surface area contributed by atoms with E-state index in [1.807, 2.05) is 25.9 Å². The predicted octanol–water partition coefficient (Wildman–Crippen LogP) is 1.50. The summed E-state index contributed by atoms with van der Waals surface area (Å²) in [7, 11) is 3.74. The summed E-state index contributed by atoms with van der Waals surface area (Å²) >= 11 is 1.30. The highest BCUT2D eigenvalue weighted by molar-refractivity contribution is 7.11. The number of likely N-dealkylation sites (N-methyl/N-ethyl adjacent to an activating group) is 1. The first-order chi connectivity index (χ1) is 9.36. The van der Waals surface area contributed by atoms with Crippen molar-refractivity contribution in [2.24, 2.45) is 0 Å². The van der Waals surface area contributed by atoms with Crippen LogP contribution in [0.3, 0.4) is 0 Å². The van der Waals surface area contributed by atoms with E-state index in [1.54, 1.807) is 6.92 Å². The van der Waals surface area contributed by atoms with Crippen LogP contribution in [-0.2, 0) is 11.3 Å². The summed E-state index contributed by atoms with van der Waals surface area (Å²) < 4.78 is 0. The topological polar surface area (TPSA) is 82.5 Å². The number of hydrogen-bond acceptors (Lipinski definition) is 5. The van der Waals surface area contributed by atoms with Crippen LogP contribution < -0.4 is 5.32 Å². The van der Waals surface area contributed by atoms with Crippen molar-refractivity contribution in [2.75, 3.05) is 14.1 Å². The fraction of sp³-hybridized carbons (Fsp3) is 0.615. The molecule has 0 saturated heterocycles. The van der Waals surface area contributed by atoms with Gasteiger partial charge in [0, 0.05) is 4.88 Å².